The molecule has 0 unspecified atom stereocenters. The van der Waals surface area contributed by atoms with E-state index in [1.807, 2.05) is 23.6 Å². The predicted molar refractivity (Wildman–Crippen MR) is 34.8 cm³/mol. The number of nitrogens with one attached hydrogen (secondary N) is 2. The molecule has 0 radical (unpaired) electrons. The van der Waals surface area contributed by atoms with Gasteiger partial charge < -0.3 is 0 Å². The summed E-state index contributed by atoms with van der Waals surface area (Å²) in [5.74, 6) is 0. The molecule has 46 valence electrons. The quantitative estimate of drug-likeness (QED) is 0.327. The minimum Gasteiger partial charge on any atom is -0.272 e. The van der Waals surface area contributed by atoms with Crippen LogP contribution in [0.5, 0.6) is 0 Å². The van der Waals surface area contributed by atoms with Gasteiger partial charge in [-0.15, -0.1) is 0 Å². The van der Waals surface area contributed by atoms with Crippen molar-refractivity contribution in [3.8, 4) is 0 Å². The zero-order chi connectivity index (χ0) is 6.10. The van der Waals surface area contributed by atoms with Crippen molar-refractivity contribution >= 4 is 11.4 Å². The molecule has 3 nitrogen and oxygen atoms in total. The van der Waals surface area contributed by atoms with E-state index in [2.05, 4.69) is 17.0 Å². The number of hydrogen-bond acceptors (Lipinski definition) is 2. The number of para-hydroxylation sites is 2. The Morgan fingerprint density at radius 3 is 3.00 bits per heavy atom. The number of rotatable bonds is 0. The number of fused-ring (bicyclic) bond motifs is 1. The highest BCUT2D eigenvalue weighted by atomic mass is 15.6. The Bertz CT molecular complexity index is 198. The van der Waals surface area contributed by atoms with Crippen molar-refractivity contribution in [1.29, 1.82) is 0 Å². The van der Waals surface area contributed by atoms with Gasteiger partial charge >= 0.3 is 0 Å². The number of hydrazine groups is 1. The van der Waals surface area contributed by atoms with Gasteiger partial charge in [-0.3, -0.25) is 5.43 Å². The van der Waals surface area contributed by atoms with Crippen LogP contribution in [0.2, 0.25) is 0 Å². The summed E-state index contributed by atoms with van der Waals surface area (Å²) in [4.78, 5) is 0. The Hall–Kier alpha value is -1.06. The lowest BCUT2D eigenvalue weighted by Crippen LogP contribution is -2.86. The summed E-state index contributed by atoms with van der Waals surface area (Å²) < 4.78 is 0. The third-order valence-electron chi connectivity index (χ3n) is 1.40. The zero-order valence-corrected chi connectivity index (χ0v) is 4.89. The average Bonchev–Trinajstić information content (AvgIpc) is 2.33. The molecule has 9 heavy (non-hydrogen) atoms. The zero-order valence-electron chi connectivity index (χ0n) is 4.89. The van der Waals surface area contributed by atoms with Gasteiger partial charge in [0.15, 0.2) is 5.69 Å². The molecule has 0 fully saturated rings. The molecule has 2 rings (SSSR count). The van der Waals surface area contributed by atoms with E-state index in [-0.39, 0.29) is 0 Å². The largest absolute Gasteiger partial charge is 0.272 e. The van der Waals surface area contributed by atoms with Gasteiger partial charge in [0.05, 0.1) is 0 Å². The molecule has 0 saturated heterocycles. The molecule has 0 saturated carbocycles. The van der Waals surface area contributed by atoms with Crippen LogP contribution in [0.1, 0.15) is 0 Å². The maximum absolute atomic E-state index is 2.99. The summed E-state index contributed by atoms with van der Waals surface area (Å²) in [5.41, 5.74) is 10.2. The molecule has 3 heteroatoms. The van der Waals surface area contributed by atoms with Gasteiger partial charge in [-0.1, -0.05) is 17.7 Å². The van der Waals surface area contributed by atoms with E-state index >= 15 is 0 Å². The van der Waals surface area contributed by atoms with Gasteiger partial charge in [0.25, 0.3) is 0 Å². The van der Waals surface area contributed by atoms with E-state index in [9.17, 15) is 0 Å². The van der Waals surface area contributed by atoms with Crippen molar-refractivity contribution in [3.05, 3.63) is 24.3 Å². The minimum absolute atomic E-state index is 1.15. The fraction of sp³-hybridized carbons (Fsp3) is 0. The van der Waals surface area contributed by atoms with Crippen LogP contribution in [0.4, 0.5) is 11.4 Å². The van der Waals surface area contributed by atoms with Crippen molar-refractivity contribution < 1.29 is 5.43 Å². The number of quaternary nitrogens is 1. The fourth-order valence-electron chi connectivity index (χ4n) is 0.928. The third-order valence-corrected chi connectivity index (χ3v) is 1.40. The Balaban J connectivity index is 2.54. The highest BCUT2D eigenvalue weighted by Crippen LogP contribution is 2.15. The molecule has 0 bridgehead atoms. The maximum Gasteiger partial charge on any atom is 0.175 e. The summed E-state index contributed by atoms with van der Waals surface area (Å²) in [6.45, 7) is 0. The molecule has 0 aliphatic carbocycles. The summed E-state index contributed by atoms with van der Waals surface area (Å²) in [7, 11) is 0. The molecule has 0 aromatic heterocycles. The lowest BCUT2D eigenvalue weighted by molar-refractivity contribution is -0.620. The van der Waals surface area contributed by atoms with Gasteiger partial charge in [0, 0.05) is 6.07 Å². The van der Waals surface area contributed by atoms with Crippen molar-refractivity contribution in [2.45, 2.75) is 0 Å². The molecule has 4 N–H and O–H groups in total. The van der Waals surface area contributed by atoms with Crippen LogP contribution >= 0.6 is 0 Å². The monoisotopic (exact) mass is 122 g/mol. The number of anilines is 1. The second-order valence-corrected chi connectivity index (χ2v) is 2.00. The van der Waals surface area contributed by atoms with Crippen molar-refractivity contribution in [1.82, 2.24) is 5.53 Å². The van der Waals surface area contributed by atoms with Gasteiger partial charge in [-0.2, -0.15) is 0 Å². The normalized spacial score (nSPS) is 14.7. The maximum atomic E-state index is 2.99. The number of nitrogens with two attached hydrogens (primary N) is 1. The smallest absolute Gasteiger partial charge is 0.175 e. The van der Waals surface area contributed by atoms with Gasteiger partial charge in [-0.05, 0) is 6.07 Å². The number of benzene rings is 1. The summed E-state index contributed by atoms with van der Waals surface area (Å²) >= 11 is 0. The topological polar surface area (TPSA) is 40.7 Å². The lowest BCUT2D eigenvalue weighted by atomic mass is 10.3. The van der Waals surface area contributed by atoms with Crippen LogP contribution < -0.4 is 16.4 Å². The van der Waals surface area contributed by atoms with Crippen molar-refractivity contribution in [2.75, 3.05) is 5.43 Å². The van der Waals surface area contributed by atoms with Gasteiger partial charge in [-0.25, -0.2) is 5.43 Å². The molecule has 1 aliphatic rings. The average molecular weight is 122 g/mol. The Kier molecular flexibility index (Phi) is 0.913. The first-order valence-corrected chi connectivity index (χ1v) is 2.90. The second-order valence-electron chi connectivity index (χ2n) is 2.00. The fourth-order valence-corrected chi connectivity index (χ4v) is 0.928. The molecule has 1 aromatic carbocycles. The van der Waals surface area contributed by atoms with E-state index in [1.54, 1.807) is 0 Å². The molecule has 1 heterocycles. The number of hydrogen-bond donors (Lipinski definition) is 3. The van der Waals surface area contributed by atoms with E-state index < -0.39 is 0 Å². The molecular formula is C6H8N3+. The second kappa shape index (κ2) is 1.72. The van der Waals surface area contributed by atoms with Crippen LogP contribution in [0.25, 0.3) is 0 Å². The summed E-state index contributed by atoms with van der Waals surface area (Å²) in [5, 5.41) is 0. The van der Waals surface area contributed by atoms with E-state index in [0.29, 0.717) is 0 Å². The molecule has 0 atom stereocenters. The van der Waals surface area contributed by atoms with Crippen LogP contribution in [0.15, 0.2) is 24.3 Å². The van der Waals surface area contributed by atoms with Crippen LogP contribution in [0, 0.1) is 0 Å². The molecule has 1 aliphatic heterocycles. The van der Waals surface area contributed by atoms with E-state index in [1.165, 1.54) is 5.69 Å². The lowest BCUT2D eigenvalue weighted by Gasteiger charge is -1.86. The molecule has 0 spiro atoms. The SMILES string of the molecule is c1ccc2c(c1)NN[NH2+]2. The highest BCUT2D eigenvalue weighted by molar-refractivity contribution is 5.61. The standard InChI is InChI=1S/C6H7N3/c1-2-4-6-5(3-1)7-9-8-6/h1-4,7-9H/p+1. The first-order valence-electron chi connectivity index (χ1n) is 2.90. The van der Waals surface area contributed by atoms with E-state index in [0.717, 1.165) is 5.69 Å². The first kappa shape index (κ1) is 4.78. The van der Waals surface area contributed by atoms with Gasteiger partial charge in [0.1, 0.15) is 5.69 Å². The van der Waals surface area contributed by atoms with E-state index in [4.69, 9.17) is 0 Å². The first-order chi connectivity index (χ1) is 4.47. The summed E-state index contributed by atoms with van der Waals surface area (Å²) in [6.07, 6.45) is 0. The Morgan fingerprint density at radius 1 is 1.22 bits per heavy atom. The molecule has 0 amide bonds. The van der Waals surface area contributed by atoms with Crippen LogP contribution in [-0.2, 0) is 0 Å². The van der Waals surface area contributed by atoms with Crippen LogP contribution in [-0.4, -0.2) is 0 Å². The summed E-state index contributed by atoms with van der Waals surface area (Å²) in [6, 6.07) is 8.12. The van der Waals surface area contributed by atoms with Crippen LogP contribution in [0.3, 0.4) is 0 Å². The Morgan fingerprint density at radius 2 is 2.11 bits per heavy atom. The van der Waals surface area contributed by atoms with Crippen molar-refractivity contribution in [2.24, 2.45) is 0 Å². The Labute approximate surface area is 53.0 Å². The van der Waals surface area contributed by atoms with Gasteiger partial charge in [0.2, 0.25) is 0 Å². The highest BCUT2D eigenvalue weighted by Gasteiger charge is 2.09. The third kappa shape index (κ3) is 0.667. The minimum atomic E-state index is 1.15. The molecular weight excluding hydrogens is 114 g/mol. The predicted octanol–water partition coefficient (Wildman–Crippen LogP) is -0.273. The van der Waals surface area contributed by atoms with Crippen molar-refractivity contribution in [3.63, 3.8) is 0 Å². The molecule has 1 aromatic rings.